The van der Waals surface area contributed by atoms with Gasteiger partial charge in [-0.3, -0.25) is 14.9 Å². The molecule has 0 saturated heterocycles. The lowest BCUT2D eigenvalue weighted by atomic mass is 10.1. The third kappa shape index (κ3) is 2.85. The van der Waals surface area contributed by atoms with E-state index in [1.165, 1.54) is 4.68 Å². The van der Waals surface area contributed by atoms with Crippen molar-refractivity contribution in [2.24, 2.45) is 0 Å². The second-order valence-corrected chi connectivity index (χ2v) is 5.11. The lowest BCUT2D eigenvalue weighted by Gasteiger charge is -2.22. The van der Waals surface area contributed by atoms with Gasteiger partial charge in [-0.05, 0) is 18.6 Å². The van der Waals surface area contributed by atoms with E-state index in [-0.39, 0.29) is 24.8 Å². The van der Waals surface area contributed by atoms with Gasteiger partial charge in [-0.15, -0.1) is 0 Å². The standard InChI is InChI=1S/C14H17N5O3/c1-2-4-11-16-14-17-12(20)7-10(19(14)18-11)13(21)15-8-9-5-3-6-22-9/h3,5-6,10H,2,4,7-8H2,1H3,(H,15,21)(H,16,17,18,20)/t10-/m1/s1. The van der Waals surface area contributed by atoms with E-state index in [9.17, 15) is 9.59 Å². The van der Waals surface area contributed by atoms with Gasteiger partial charge in [0.05, 0.1) is 19.2 Å². The molecule has 1 aliphatic heterocycles. The van der Waals surface area contributed by atoms with Crippen LogP contribution in [0.25, 0.3) is 0 Å². The molecule has 2 aromatic rings. The van der Waals surface area contributed by atoms with Gasteiger partial charge in [0.2, 0.25) is 17.8 Å². The van der Waals surface area contributed by atoms with Crippen molar-refractivity contribution < 1.29 is 14.0 Å². The molecule has 2 N–H and O–H groups in total. The molecule has 0 saturated carbocycles. The van der Waals surface area contributed by atoms with Crippen LogP contribution >= 0.6 is 0 Å². The normalized spacial score (nSPS) is 17.0. The third-order valence-corrected chi connectivity index (χ3v) is 3.39. The predicted octanol–water partition coefficient (Wildman–Crippen LogP) is 1.02. The maximum atomic E-state index is 12.3. The van der Waals surface area contributed by atoms with Gasteiger partial charge in [-0.1, -0.05) is 6.92 Å². The molecule has 2 aromatic heterocycles. The number of anilines is 1. The molecule has 0 spiro atoms. The molecule has 1 aliphatic rings. The summed E-state index contributed by atoms with van der Waals surface area (Å²) in [7, 11) is 0. The van der Waals surface area contributed by atoms with Crippen LogP contribution in [0.4, 0.5) is 5.95 Å². The van der Waals surface area contributed by atoms with Crippen LogP contribution in [0.2, 0.25) is 0 Å². The zero-order valence-electron chi connectivity index (χ0n) is 12.2. The van der Waals surface area contributed by atoms with Crippen LogP contribution in [0.3, 0.4) is 0 Å². The SMILES string of the molecule is CCCc1nc2n(n1)[C@@H](C(=O)NCc1ccco1)CC(=O)N2. The minimum absolute atomic E-state index is 0.0475. The summed E-state index contributed by atoms with van der Waals surface area (Å²) in [5, 5.41) is 9.73. The second kappa shape index (κ2) is 6.00. The number of hydrogen-bond donors (Lipinski definition) is 2. The maximum Gasteiger partial charge on any atom is 0.245 e. The molecule has 2 amide bonds. The minimum Gasteiger partial charge on any atom is -0.467 e. The average molecular weight is 303 g/mol. The quantitative estimate of drug-likeness (QED) is 0.858. The fraction of sp³-hybridized carbons (Fsp3) is 0.429. The monoisotopic (exact) mass is 303 g/mol. The van der Waals surface area contributed by atoms with E-state index in [1.54, 1.807) is 18.4 Å². The number of aromatic nitrogens is 3. The van der Waals surface area contributed by atoms with Crippen molar-refractivity contribution in [1.82, 2.24) is 20.1 Å². The molecule has 8 heteroatoms. The fourth-order valence-electron chi connectivity index (χ4n) is 2.35. The van der Waals surface area contributed by atoms with Crippen LogP contribution in [-0.4, -0.2) is 26.6 Å². The number of nitrogens with zero attached hydrogens (tertiary/aromatic N) is 3. The van der Waals surface area contributed by atoms with Crippen molar-refractivity contribution in [3.63, 3.8) is 0 Å². The summed E-state index contributed by atoms with van der Waals surface area (Å²) in [5.41, 5.74) is 0. The number of aryl methyl sites for hydroxylation is 1. The smallest absolute Gasteiger partial charge is 0.245 e. The van der Waals surface area contributed by atoms with Gasteiger partial charge in [0.1, 0.15) is 11.8 Å². The Labute approximate surface area is 126 Å². The topological polar surface area (TPSA) is 102 Å². The van der Waals surface area contributed by atoms with Gasteiger partial charge in [0.25, 0.3) is 0 Å². The highest BCUT2D eigenvalue weighted by atomic mass is 16.3. The summed E-state index contributed by atoms with van der Waals surface area (Å²) in [6, 6.07) is 2.84. The molecule has 0 radical (unpaired) electrons. The van der Waals surface area contributed by atoms with E-state index in [0.717, 1.165) is 6.42 Å². The number of hydrogen-bond acceptors (Lipinski definition) is 5. The zero-order valence-corrected chi connectivity index (χ0v) is 12.2. The van der Waals surface area contributed by atoms with Crippen LogP contribution in [0.1, 0.15) is 37.4 Å². The van der Waals surface area contributed by atoms with Crippen molar-refractivity contribution in [3.05, 3.63) is 30.0 Å². The first-order valence-corrected chi connectivity index (χ1v) is 7.22. The molecule has 116 valence electrons. The number of nitrogens with one attached hydrogen (secondary N) is 2. The molecule has 0 bridgehead atoms. The average Bonchev–Trinajstić information content (AvgIpc) is 3.13. The first-order chi connectivity index (χ1) is 10.7. The Hall–Kier alpha value is -2.64. The molecule has 3 rings (SSSR count). The van der Waals surface area contributed by atoms with Gasteiger partial charge in [-0.2, -0.15) is 10.1 Å². The van der Waals surface area contributed by atoms with Crippen LogP contribution in [0, 0.1) is 0 Å². The molecule has 8 nitrogen and oxygen atoms in total. The van der Waals surface area contributed by atoms with E-state index in [1.807, 2.05) is 6.92 Å². The summed E-state index contributed by atoms with van der Waals surface area (Å²) >= 11 is 0. The van der Waals surface area contributed by atoms with Crippen molar-refractivity contribution in [3.8, 4) is 0 Å². The number of rotatable bonds is 5. The Morgan fingerprint density at radius 1 is 1.59 bits per heavy atom. The van der Waals surface area contributed by atoms with Gasteiger partial charge in [0, 0.05) is 6.42 Å². The van der Waals surface area contributed by atoms with E-state index < -0.39 is 6.04 Å². The van der Waals surface area contributed by atoms with Crippen LogP contribution in [0.15, 0.2) is 22.8 Å². The second-order valence-electron chi connectivity index (χ2n) is 5.11. The molecule has 22 heavy (non-hydrogen) atoms. The molecule has 1 atom stereocenters. The van der Waals surface area contributed by atoms with E-state index in [2.05, 4.69) is 20.7 Å². The van der Waals surface area contributed by atoms with E-state index in [0.29, 0.717) is 24.0 Å². The molecule has 0 aromatic carbocycles. The Morgan fingerprint density at radius 3 is 3.18 bits per heavy atom. The highest BCUT2D eigenvalue weighted by molar-refractivity contribution is 5.96. The molecular formula is C14H17N5O3. The van der Waals surface area contributed by atoms with Gasteiger partial charge in [0.15, 0.2) is 5.82 Å². The Balaban J connectivity index is 1.75. The van der Waals surface area contributed by atoms with Crippen LogP contribution in [-0.2, 0) is 22.6 Å². The van der Waals surface area contributed by atoms with E-state index in [4.69, 9.17) is 4.42 Å². The third-order valence-electron chi connectivity index (χ3n) is 3.39. The summed E-state index contributed by atoms with van der Waals surface area (Å²) < 4.78 is 6.66. The summed E-state index contributed by atoms with van der Waals surface area (Å²) in [6.45, 7) is 2.29. The zero-order chi connectivity index (χ0) is 15.5. The van der Waals surface area contributed by atoms with Crippen molar-refractivity contribution in [1.29, 1.82) is 0 Å². The number of furan rings is 1. The molecule has 0 unspecified atom stereocenters. The highest BCUT2D eigenvalue weighted by Crippen LogP contribution is 2.23. The van der Waals surface area contributed by atoms with Crippen LogP contribution in [0.5, 0.6) is 0 Å². The largest absolute Gasteiger partial charge is 0.467 e. The Kier molecular flexibility index (Phi) is 3.90. The summed E-state index contributed by atoms with van der Waals surface area (Å²) in [4.78, 5) is 28.4. The number of amides is 2. The van der Waals surface area contributed by atoms with E-state index >= 15 is 0 Å². The van der Waals surface area contributed by atoms with Crippen molar-refractivity contribution in [2.45, 2.75) is 38.8 Å². The van der Waals surface area contributed by atoms with Gasteiger partial charge in [-0.25, -0.2) is 4.68 Å². The molecule has 3 heterocycles. The Morgan fingerprint density at radius 2 is 2.45 bits per heavy atom. The molecule has 0 fully saturated rings. The lowest BCUT2D eigenvalue weighted by molar-refractivity contribution is -0.129. The molecule has 0 aliphatic carbocycles. The predicted molar refractivity (Wildman–Crippen MR) is 76.9 cm³/mol. The summed E-state index contributed by atoms with van der Waals surface area (Å²) in [6.07, 6.45) is 3.19. The number of fused-ring (bicyclic) bond motifs is 1. The Bertz CT molecular complexity index is 677. The molecular weight excluding hydrogens is 286 g/mol. The lowest BCUT2D eigenvalue weighted by Crippen LogP contribution is -2.39. The first-order valence-electron chi connectivity index (χ1n) is 7.22. The van der Waals surface area contributed by atoms with Crippen LogP contribution < -0.4 is 10.6 Å². The van der Waals surface area contributed by atoms with Gasteiger partial charge < -0.3 is 9.73 Å². The highest BCUT2D eigenvalue weighted by Gasteiger charge is 2.32. The summed E-state index contributed by atoms with van der Waals surface area (Å²) in [5.74, 6) is 1.10. The van der Waals surface area contributed by atoms with Gasteiger partial charge >= 0.3 is 0 Å². The maximum absolute atomic E-state index is 12.3. The number of carbonyl (C=O) groups is 2. The van der Waals surface area contributed by atoms with Crippen molar-refractivity contribution >= 4 is 17.8 Å². The fourth-order valence-corrected chi connectivity index (χ4v) is 2.35. The first kappa shape index (κ1) is 14.3. The number of carbonyl (C=O) groups excluding carboxylic acids is 2. The van der Waals surface area contributed by atoms with Crippen molar-refractivity contribution in [2.75, 3.05) is 5.32 Å². The minimum atomic E-state index is -0.684.